The Balaban J connectivity index is 1.88. The number of aromatic amines is 1. The third-order valence-corrected chi connectivity index (χ3v) is 3.39. The normalized spacial score (nSPS) is 10.8. The van der Waals surface area contributed by atoms with Gasteiger partial charge in [-0.25, -0.2) is 4.39 Å². The summed E-state index contributed by atoms with van der Waals surface area (Å²) in [7, 11) is 0. The molecule has 0 radical (unpaired) electrons. The first kappa shape index (κ1) is 13.6. The average Bonchev–Trinajstić information content (AvgIpc) is 2.44. The largest absolute Gasteiger partial charge is 0.381 e. The minimum Gasteiger partial charge on any atom is -0.381 e. The predicted octanol–water partition coefficient (Wildman–Crippen LogP) is 3.93. The number of aromatic nitrogens is 1. The minimum atomic E-state index is -0.419. The van der Waals surface area contributed by atoms with Crippen LogP contribution in [0.1, 0.15) is 5.56 Å². The molecule has 2 N–H and O–H groups in total. The molecule has 0 unspecified atom stereocenters. The maximum atomic E-state index is 13.2. The van der Waals surface area contributed by atoms with E-state index in [1.165, 1.54) is 12.1 Å². The van der Waals surface area contributed by atoms with Crippen molar-refractivity contribution in [3.05, 3.63) is 75.3 Å². The lowest BCUT2D eigenvalue weighted by atomic mass is 10.1. The fourth-order valence-electron chi connectivity index (χ4n) is 2.18. The topological polar surface area (TPSA) is 44.9 Å². The molecule has 21 heavy (non-hydrogen) atoms. The van der Waals surface area contributed by atoms with Crippen LogP contribution in [0.5, 0.6) is 0 Å². The van der Waals surface area contributed by atoms with Crippen LogP contribution in [0, 0.1) is 5.82 Å². The molecule has 0 bridgehead atoms. The van der Waals surface area contributed by atoms with Crippen LogP contribution >= 0.6 is 11.6 Å². The first-order valence-corrected chi connectivity index (χ1v) is 6.80. The second kappa shape index (κ2) is 5.58. The van der Waals surface area contributed by atoms with Crippen molar-refractivity contribution < 1.29 is 4.39 Å². The Hall–Kier alpha value is -2.33. The number of para-hydroxylation sites is 1. The molecule has 3 nitrogen and oxygen atoms in total. The highest BCUT2D eigenvalue weighted by molar-refractivity contribution is 6.30. The number of fused-ring (bicyclic) bond motifs is 1. The highest BCUT2D eigenvalue weighted by Gasteiger charge is 2.04. The summed E-state index contributed by atoms with van der Waals surface area (Å²) in [6.45, 7) is 0.292. The molecule has 0 saturated carbocycles. The van der Waals surface area contributed by atoms with Gasteiger partial charge in [-0.05, 0) is 35.7 Å². The van der Waals surface area contributed by atoms with Gasteiger partial charge in [0.05, 0.1) is 0 Å². The average molecular weight is 303 g/mol. The van der Waals surface area contributed by atoms with Gasteiger partial charge in [0.2, 0.25) is 0 Å². The zero-order chi connectivity index (χ0) is 14.8. The molecule has 106 valence electrons. The number of rotatable bonds is 3. The number of halogens is 2. The molecule has 3 rings (SSSR count). The first-order valence-electron chi connectivity index (χ1n) is 6.43. The van der Waals surface area contributed by atoms with Crippen molar-refractivity contribution in [1.29, 1.82) is 0 Å². The van der Waals surface area contributed by atoms with E-state index in [4.69, 9.17) is 11.6 Å². The van der Waals surface area contributed by atoms with Gasteiger partial charge in [0, 0.05) is 28.3 Å². The Morgan fingerprint density at radius 3 is 2.76 bits per heavy atom. The maximum absolute atomic E-state index is 13.2. The molecule has 0 aliphatic rings. The zero-order valence-electron chi connectivity index (χ0n) is 11.0. The van der Waals surface area contributed by atoms with E-state index in [1.807, 2.05) is 30.3 Å². The number of benzene rings is 2. The van der Waals surface area contributed by atoms with Crippen LogP contribution in [0.2, 0.25) is 5.02 Å². The van der Waals surface area contributed by atoms with Crippen molar-refractivity contribution >= 4 is 28.2 Å². The van der Waals surface area contributed by atoms with Crippen LogP contribution in [-0.4, -0.2) is 4.98 Å². The molecule has 0 amide bonds. The minimum absolute atomic E-state index is 0.163. The van der Waals surface area contributed by atoms with Crippen molar-refractivity contribution in [2.45, 2.75) is 6.54 Å². The summed E-state index contributed by atoms with van der Waals surface area (Å²) in [4.78, 5) is 14.8. The highest BCUT2D eigenvalue weighted by Crippen LogP contribution is 2.18. The summed E-state index contributed by atoms with van der Waals surface area (Å²) in [5, 5.41) is 4.26. The molecule has 0 spiro atoms. The van der Waals surface area contributed by atoms with Gasteiger partial charge in [-0.15, -0.1) is 0 Å². The summed E-state index contributed by atoms with van der Waals surface area (Å²) in [6, 6.07) is 13.5. The Bertz CT molecular complexity index is 840. The number of nitrogens with one attached hydrogen (secondary N) is 2. The highest BCUT2D eigenvalue weighted by atomic mass is 35.5. The first-order chi connectivity index (χ1) is 10.1. The number of H-pyrrole nitrogens is 1. The number of anilines is 1. The van der Waals surface area contributed by atoms with E-state index in [2.05, 4.69) is 10.3 Å². The van der Waals surface area contributed by atoms with Gasteiger partial charge < -0.3 is 10.3 Å². The van der Waals surface area contributed by atoms with Crippen molar-refractivity contribution in [1.82, 2.24) is 4.98 Å². The number of hydrogen-bond acceptors (Lipinski definition) is 2. The molecule has 0 fully saturated rings. The molecule has 1 aromatic heterocycles. The van der Waals surface area contributed by atoms with Crippen molar-refractivity contribution in [2.24, 2.45) is 0 Å². The number of pyridine rings is 1. The van der Waals surface area contributed by atoms with Crippen molar-refractivity contribution in [3.8, 4) is 0 Å². The molecule has 0 aliphatic heterocycles. The molecule has 0 aliphatic carbocycles. The lowest BCUT2D eigenvalue weighted by molar-refractivity contribution is 0.628. The van der Waals surface area contributed by atoms with Crippen LogP contribution < -0.4 is 10.9 Å². The van der Waals surface area contributed by atoms with Crippen molar-refractivity contribution in [3.63, 3.8) is 0 Å². The second-order valence-corrected chi connectivity index (χ2v) is 5.16. The molecular weight excluding hydrogens is 291 g/mol. The van der Waals surface area contributed by atoms with E-state index >= 15 is 0 Å². The zero-order valence-corrected chi connectivity index (χ0v) is 11.7. The summed E-state index contributed by atoms with van der Waals surface area (Å²) in [5.41, 5.74) is 1.74. The van der Waals surface area contributed by atoms with E-state index in [-0.39, 0.29) is 5.56 Å². The van der Waals surface area contributed by atoms with Crippen LogP contribution in [0.15, 0.2) is 53.3 Å². The summed E-state index contributed by atoms with van der Waals surface area (Å²) >= 11 is 5.79. The number of hydrogen-bond donors (Lipinski definition) is 2. The van der Waals surface area contributed by atoms with Gasteiger partial charge in [0.1, 0.15) is 5.82 Å². The predicted molar refractivity (Wildman–Crippen MR) is 83.3 cm³/mol. The SMILES string of the molecule is O=c1[nH]c2ccccc2cc1CNc1cc(F)cc(Cl)c1. The van der Waals surface area contributed by atoms with E-state index in [0.717, 1.165) is 10.9 Å². The summed E-state index contributed by atoms with van der Waals surface area (Å²) in [6.07, 6.45) is 0. The van der Waals surface area contributed by atoms with Crippen molar-refractivity contribution in [2.75, 3.05) is 5.32 Å². The van der Waals surface area contributed by atoms with E-state index < -0.39 is 5.82 Å². The molecular formula is C16H12ClFN2O. The van der Waals surface area contributed by atoms with Crippen LogP contribution in [0.3, 0.4) is 0 Å². The van der Waals surface area contributed by atoms with Gasteiger partial charge in [-0.1, -0.05) is 29.8 Å². The maximum Gasteiger partial charge on any atom is 0.253 e. The Morgan fingerprint density at radius 2 is 1.95 bits per heavy atom. The monoisotopic (exact) mass is 302 g/mol. The fourth-order valence-corrected chi connectivity index (χ4v) is 2.40. The Kier molecular flexibility index (Phi) is 3.62. The second-order valence-electron chi connectivity index (χ2n) is 4.72. The Morgan fingerprint density at radius 1 is 1.14 bits per heavy atom. The molecule has 3 aromatic rings. The molecule has 2 aromatic carbocycles. The van der Waals surface area contributed by atoms with Crippen LogP contribution in [0.4, 0.5) is 10.1 Å². The van der Waals surface area contributed by atoms with Crippen LogP contribution in [-0.2, 0) is 6.54 Å². The van der Waals surface area contributed by atoms with Gasteiger partial charge in [-0.2, -0.15) is 0 Å². The lowest BCUT2D eigenvalue weighted by Crippen LogP contribution is -2.15. The lowest BCUT2D eigenvalue weighted by Gasteiger charge is -2.08. The van der Waals surface area contributed by atoms with Crippen LogP contribution in [0.25, 0.3) is 10.9 Å². The summed E-state index contributed by atoms with van der Waals surface area (Å²) in [5.74, 6) is -0.419. The fraction of sp³-hybridized carbons (Fsp3) is 0.0625. The molecule has 0 saturated heterocycles. The quantitative estimate of drug-likeness (QED) is 0.770. The van der Waals surface area contributed by atoms with E-state index in [1.54, 1.807) is 6.07 Å². The van der Waals surface area contributed by atoms with Gasteiger partial charge in [0.15, 0.2) is 0 Å². The van der Waals surface area contributed by atoms with E-state index in [9.17, 15) is 9.18 Å². The molecule has 5 heteroatoms. The van der Waals surface area contributed by atoms with Gasteiger partial charge >= 0.3 is 0 Å². The van der Waals surface area contributed by atoms with Gasteiger partial charge in [-0.3, -0.25) is 4.79 Å². The third-order valence-electron chi connectivity index (χ3n) is 3.18. The molecule has 0 atom stereocenters. The van der Waals surface area contributed by atoms with Gasteiger partial charge in [0.25, 0.3) is 5.56 Å². The third kappa shape index (κ3) is 3.06. The summed E-state index contributed by atoms with van der Waals surface area (Å²) < 4.78 is 13.2. The standard InChI is InChI=1S/C16H12ClFN2O/c17-12-6-13(18)8-14(7-12)19-9-11-5-10-3-1-2-4-15(10)20-16(11)21/h1-8,19H,9H2,(H,20,21). The smallest absolute Gasteiger partial charge is 0.253 e. The molecule has 1 heterocycles. The van der Waals surface area contributed by atoms with E-state index in [0.29, 0.717) is 22.8 Å². The Labute approximate surface area is 125 Å².